The van der Waals surface area contributed by atoms with Gasteiger partial charge in [-0.15, -0.1) is 0 Å². The maximum absolute atomic E-state index is 6.29. The summed E-state index contributed by atoms with van der Waals surface area (Å²) in [5.41, 5.74) is 37.7. The molecule has 20 aromatic carbocycles. The Bertz CT molecular complexity index is 8950. The van der Waals surface area contributed by atoms with E-state index in [9.17, 15) is 0 Å². The van der Waals surface area contributed by atoms with Gasteiger partial charge in [0.1, 0.15) is 33.5 Å². The first-order valence-corrected chi connectivity index (χ1v) is 47.4. The quantitative estimate of drug-likeness (QED) is 0.0878. The predicted octanol–water partition coefficient (Wildman–Crippen LogP) is 35.5. The molecule has 6 heterocycles. The van der Waals surface area contributed by atoms with Crippen molar-refractivity contribution in [3.8, 4) is 191 Å². The van der Waals surface area contributed by atoms with E-state index >= 15 is 0 Å². The van der Waals surface area contributed by atoms with Gasteiger partial charge in [-0.05, 0) is 216 Å². The van der Waals surface area contributed by atoms with Gasteiger partial charge in [0.15, 0.2) is 17.5 Å². The molecule has 0 radical (unpaired) electrons. The molecule has 9 heteroatoms. The molecule has 0 unspecified atom stereocenters. The number of fused-ring (bicyclic) bond motifs is 9. The van der Waals surface area contributed by atoms with E-state index in [0.29, 0.717) is 17.5 Å². The Morgan fingerprint density at radius 3 is 0.610 bits per heavy atom. The highest BCUT2D eigenvalue weighted by Gasteiger charge is 2.22. The SMILES string of the molecule is c1ccc(-c2cc(-c3ccccc3)cc(-c3ccc(-c4nc(-c5cccc(-c6ccccc6)c5)cc(-c5ccc6c(c5)oc5ccccc56)n4)cc3)c2)cc1.c1ccc(-c2cc(-c3ccccc3)cc(-c3nc(-c4ccccc4)cc(-c4ccc5c(c4)oc4ccccc45)n3)c2)cc1.c1ccc(-c2cccc(-c3cccc(-c4nc(-c5ccccc5)cc(-c5ccc6c(c5)oc5ccccc56)n4)c3)c2)cc1. The first kappa shape index (κ1) is 85.0. The third-order valence-electron chi connectivity index (χ3n) is 26.1. The van der Waals surface area contributed by atoms with Crippen LogP contribution >= 0.6 is 0 Å². The van der Waals surface area contributed by atoms with Gasteiger partial charge < -0.3 is 13.3 Å². The van der Waals surface area contributed by atoms with Crippen molar-refractivity contribution in [2.24, 2.45) is 0 Å². The van der Waals surface area contributed by atoms with Crippen molar-refractivity contribution in [1.29, 1.82) is 0 Å². The van der Waals surface area contributed by atoms with Crippen molar-refractivity contribution in [3.05, 3.63) is 522 Å². The topological polar surface area (TPSA) is 117 Å². The second kappa shape index (κ2) is 38.1. The molecule has 0 saturated carbocycles. The summed E-state index contributed by atoms with van der Waals surface area (Å²) in [5, 5.41) is 6.62. The molecule has 0 aliphatic carbocycles. The molecule has 662 valence electrons. The zero-order valence-electron chi connectivity index (χ0n) is 76.6. The Morgan fingerprint density at radius 1 is 0.0993 bits per heavy atom. The zero-order chi connectivity index (χ0) is 93.7. The molecule has 26 aromatic rings. The number of rotatable bonds is 17. The molecule has 0 fully saturated rings. The summed E-state index contributed by atoms with van der Waals surface area (Å²) in [6, 6.07) is 181. The number of hydrogen-bond acceptors (Lipinski definition) is 9. The summed E-state index contributed by atoms with van der Waals surface area (Å²) in [7, 11) is 0. The first-order valence-electron chi connectivity index (χ1n) is 47.4. The largest absolute Gasteiger partial charge is 0.456 e. The van der Waals surface area contributed by atoms with E-state index in [1.54, 1.807) is 0 Å². The number of benzene rings is 20. The third kappa shape index (κ3) is 18.0. The van der Waals surface area contributed by atoms with E-state index in [4.69, 9.17) is 43.2 Å². The van der Waals surface area contributed by atoms with Crippen molar-refractivity contribution in [3.63, 3.8) is 0 Å². The number of aromatic nitrogens is 6. The fraction of sp³-hybridized carbons (Fsp3) is 0. The van der Waals surface area contributed by atoms with Crippen LogP contribution in [-0.2, 0) is 0 Å². The van der Waals surface area contributed by atoms with Crippen molar-refractivity contribution in [2.75, 3.05) is 0 Å². The molecule has 0 aliphatic heterocycles. The van der Waals surface area contributed by atoms with Gasteiger partial charge in [0.2, 0.25) is 0 Å². The molecule has 0 bridgehead atoms. The highest BCUT2D eigenvalue weighted by molar-refractivity contribution is 6.08. The molecule has 0 spiro atoms. The normalized spacial score (nSPS) is 11.3. The van der Waals surface area contributed by atoms with E-state index < -0.39 is 0 Å². The van der Waals surface area contributed by atoms with E-state index in [0.717, 1.165) is 206 Å². The van der Waals surface area contributed by atoms with Gasteiger partial charge in [0, 0.05) is 82.4 Å². The molecule has 9 nitrogen and oxygen atoms in total. The summed E-state index contributed by atoms with van der Waals surface area (Å²) in [6.45, 7) is 0. The van der Waals surface area contributed by atoms with E-state index in [2.05, 4.69) is 406 Å². The van der Waals surface area contributed by atoms with Gasteiger partial charge in [-0.3, -0.25) is 0 Å². The van der Waals surface area contributed by atoms with Crippen LogP contribution in [0.1, 0.15) is 0 Å². The van der Waals surface area contributed by atoms with Crippen LogP contribution in [0.5, 0.6) is 0 Å². The van der Waals surface area contributed by atoms with Crippen LogP contribution < -0.4 is 0 Å². The monoisotopic (exact) mass is 1800 g/mol. The lowest BCUT2D eigenvalue weighted by Crippen LogP contribution is -1.97. The molecule has 26 rings (SSSR count). The fourth-order valence-electron chi connectivity index (χ4n) is 18.9. The standard InChI is InChI=1S/C52H34N2O.2C40H26N2O/c1-4-13-35(14-5-1)40-19-12-20-41(29-40)48-34-49(42-27-28-47-46-21-10-11-22-50(46)55-51(47)33-42)54-52(53-48)39-25-23-38(24-26-39)45-31-43(36-15-6-2-7-16-36)30-44(32-45)37-17-8-3-9-18-37;1-4-12-27(13-5-1)31-22-32(28-14-6-2-7-15-28)24-33(23-31)40-41-36(29-16-8-3-9-17-29)26-37(42-40)30-20-21-35-34-18-10-11-19-38(34)43-39(35)25-30;1-3-11-27(12-4-1)29-15-9-16-30(23-29)31-17-10-18-33(24-31)40-41-36(28-13-5-2-6-14-28)26-37(42-40)32-21-22-35-34-19-7-8-20-38(34)43-39(35)25-32/h1-34H;2*1-26H. The van der Waals surface area contributed by atoms with Crippen LogP contribution in [0, 0.1) is 0 Å². The summed E-state index contributed by atoms with van der Waals surface area (Å²) in [4.78, 5) is 30.9. The predicted molar refractivity (Wildman–Crippen MR) is 580 cm³/mol. The Labute approximate surface area is 815 Å². The first-order chi connectivity index (χ1) is 69.8. The summed E-state index contributed by atoms with van der Waals surface area (Å²) < 4.78 is 18.7. The second-order valence-electron chi connectivity index (χ2n) is 35.2. The van der Waals surface area contributed by atoms with Crippen molar-refractivity contribution < 1.29 is 13.3 Å². The fourth-order valence-corrected chi connectivity index (χ4v) is 18.9. The average molecular weight is 1800 g/mol. The molecule has 0 atom stereocenters. The highest BCUT2D eigenvalue weighted by atomic mass is 16.3. The maximum Gasteiger partial charge on any atom is 0.160 e. The lowest BCUT2D eigenvalue weighted by atomic mass is 9.93. The Kier molecular flexibility index (Phi) is 22.9. The van der Waals surface area contributed by atoms with Gasteiger partial charge in [-0.25, -0.2) is 29.9 Å². The Morgan fingerprint density at radius 2 is 0.284 bits per heavy atom. The van der Waals surface area contributed by atoms with E-state index in [1.165, 1.54) is 33.4 Å². The molecular formula is C132H86N6O3. The van der Waals surface area contributed by atoms with Crippen molar-refractivity contribution in [2.45, 2.75) is 0 Å². The number of hydrogen-bond donors (Lipinski definition) is 0. The second-order valence-corrected chi connectivity index (χ2v) is 35.2. The lowest BCUT2D eigenvalue weighted by Gasteiger charge is -2.13. The van der Waals surface area contributed by atoms with Crippen LogP contribution in [0.4, 0.5) is 0 Å². The minimum Gasteiger partial charge on any atom is -0.456 e. The minimum absolute atomic E-state index is 0.664. The Hall–Kier alpha value is -19.0. The third-order valence-corrected chi connectivity index (χ3v) is 26.1. The number of nitrogens with zero attached hydrogens (tertiary/aromatic N) is 6. The van der Waals surface area contributed by atoms with Crippen LogP contribution in [-0.4, -0.2) is 29.9 Å². The molecule has 6 aromatic heterocycles. The minimum atomic E-state index is 0.664. The highest BCUT2D eigenvalue weighted by Crippen LogP contribution is 2.43. The number of para-hydroxylation sites is 3. The molecule has 0 saturated heterocycles. The molecular weight excluding hydrogens is 1720 g/mol. The smallest absolute Gasteiger partial charge is 0.160 e. The van der Waals surface area contributed by atoms with E-state index in [1.807, 2.05) is 115 Å². The van der Waals surface area contributed by atoms with Crippen LogP contribution in [0.25, 0.3) is 257 Å². The molecule has 0 amide bonds. The van der Waals surface area contributed by atoms with E-state index in [-0.39, 0.29) is 0 Å². The summed E-state index contributed by atoms with van der Waals surface area (Å²) in [6.07, 6.45) is 0. The lowest BCUT2D eigenvalue weighted by molar-refractivity contribution is 0.668. The van der Waals surface area contributed by atoms with Gasteiger partial charge in [0.25, 0.3) is 0 Å². The van der Waals surface area contributed by atoms with Gasteiger partial charge in [-0.1, -0.05) is 394 Å². The average Bonchev–Trinajstić information content (AvgIpc) is 1.61. The van der Waals surface area contributed by atoms with Crippen LogP contribution in [0.15, 0.2) is 535 Å². The van der Waals surface area contributed by atoms with Gasteiger partial charge >= 0.3 is 0 Å². The van der Waals surface area contributed by atoms with Crippen molar-refractivity contribution >= 4 is 65.8 Å². The molecule has 0 aliphatic rings. The van der Waals surface area contributed by atoms with Gasteiger partial charge in [-0.2, -0.15) is 0 Å². The van der Waals surface area contributed by atoms with Crippen LogP contribution in [0.3, 0.4) is 0 Å². The Balaban J connectivity index is 0.000000116. The molecule has 141 heavy (non-hydrogen) atoms. The summed E-state index contributed by atoms with van der Waals surface area (Å²) in [5.74, 6) is 2.02. The summed E-state index contributed by atoms with van der Waals surface area (Å²) >= 11 is 0. The zero-order valence-corrected chi connectivity index (χ0v) is 76.6. The maximum atomic E-state index is 6.29. The van der Waals surface area contributed by atoms with Gasteiger partial charge in [0.05, 0.1) is 34.2 Å². The number of furan rings is 3. The molecule has 0 N–H and O–H groups in total. The van der Waals surface area contributed by atoms with Crippen LogP contribution in [0.2, 0.25) is 0 Å². The van der Waals surface area contributed by atoms with Crippen molar-refractivity contribution in [1.82, 2.24) is 29.9 Å².